The predicted octanol–water partition coefficient (Wildman–Crippen LogP) is 2.66. The molecule has 2 aliphatic carbocycles. The molecule has 0 aromatic heterocycles. The third kappa shape index (κ3) is 2.32. The molecule has 0 amide bonds. The van der Waals surface area contributed by atoms with Gasteiger partial charge in [-0.3, -0.25) is 0 Å². The van der Waals surface area contributed by atoms with E-state index < -0.39 is 0 Å². The summed E-state index contributed by atoms with van der Waals surface area (Å²) in [6.07, 6.45) is 9.25. The molecule has 1 fully saturated rings. The third-order valence-electron chi connectivity index (χ3n) is 4.30. The minimum absolute atomic E-state index is 0.623. The van der Waals surface area contributed by atoms with Crippen LogP contribution in [0.1, 0.15) is 43.2 Å². The van der Waals surface area contributed by atoms with Crippen molar-refractivity contribution < 1.29 is 0 Å². The van der Waals surface area contributed by atoms with E-state index >= 15 is 0 Å². The van der Waals surface area contributed by atoms with E-state index in [1.165, 1.54) is 43.2 Å². The number of fused-ring (bicyclic) bond motifs is 1. The Balaban J connectivity index is 1.63. The smallest absolute Gasteiger partial charge is 0.0349 e. The summed E-state index contributed by atoms with van der Waals surface area (Å²) in [5.74, 6) is 0. The molecule has 0 spiro atoms. The first kappa shape index (κ1) is 11.1. The van der Waals surface area contributed by atoms with Gasteiger partial charge < -0.3 is 11.1 Å². The average molecular weight is 230 g/mol. The van der Waals surface area contributed by atoms with Crippen LogP contribution in [-0.2, 0) is 12.8 Å². The Labute approximate surface area is 104 Å². The van der Waals surface area contributed by atoms with Crippen LogP contribution in [0.15, 0.2) is 18.2 Å². The molecule has 0 heterocycles. The van der Waals surface area contributed by atoms with Crippen LogP contribution in [0.5, 0.6) is 0 Å². The van der Waals surface area contributed by atoms with Crippen LogP contribution >= 0.6 is 0 Å². The summed E-state index contributed by atoms with van der Waals surface area (Å²) in [4.78, 5) is 0. The standard InChI is InChI=1S/C15H22N2/c16-15-8-4-5-11-9-13(10-14(11)15)17-12-6-2-1-3-7-12/h4-5,8,12-13,17H,1-3,6-7,9-10,16H2. The molecular weight excluding hydrogens is 208 g/mol. The molecule has 2 heteroatoms. The molecule has 2 aliphatic rings. The maximum atomic E-state index is 6.04. The second-order valence-corrected chi connectivity index (χ2v) is 5.59. The molecule has 1 unspecified atom stereocenters. The van der Waals surface area contributed by atoms with Crippen LogP contribution in [0.4, 0.5) is 5.69 Å². The van der Waals surface area contributed by atoms with Gasteiger partial charge >= 0.3 is 0 Å². The monoisotopic (exact) mass is 230 g/mol. The zero-order chi connectivity index (χ0) is 11.7. The molecule has 0 aliphatic heterocycles. The largest absolute Gasteiger partial charge is 0.398 e. The van der Waals surface area contributed by atoms with E-state index in [0.717, 1.165) is 24.6 Å². The van der Waals surface area contributed by atoms with E-state index in [9.17, 15) is 0 Å². The Morgan fingerprint density at radius 2 is 1.82 bits per heavy atom. The summed E-state index contributed by atoms with van der Waals surface area (Å²) in [6.45, 7) is 0. The molecule has 0 bridgehead atoms. The lowest BCUT2D eigenvalue weighted by Crippen LogP contribution is -2.39. The van der Waals surface area contributed by atoms with E-state index in [4.69, 9.17) is 5.73 Å². The number of nitrogens with two attached hydrogens (primary N) is 1. The quantitative estimate of drug-likeness (QED) is 0.767. The minimum Gasteiger partial charge on any atom is -0.398 e. The number of nitrogen functional groups attached to an aromatic ring is 1. The van der Waals surface area contributed by atoms with Gasteiger partial charge in [0.2, 0.25) is 0 Å². The van der Waals surface area contributed by atoms with Gasteiger partial charge in [0.1, 0.15) is 0 Å². The van der Waals surface area contributed by atoms with Gasteiger partial charge in [-0.1, -0.05) is 31.4 Å². The first-order valence-electron chi connectivity index (χ1n) is 6.95. The van der Waals surface area contributed by atoms with Gasteiger partial charge in [-0.05, 0) is 42.9 Å². The lowest BCUT2D eigenvalue weighted by atomic mass is 9.94. The highest BCUT2D eigenvalue weighted by Gasteiger charge is 2.25. The van der Waals surface area contributed by atoms with Crippen molar-refractivity contribution in [2.75, 3.05) is 5.73 Å². The highest BCUT2D eigenvalue weighted by Crippen LogP contribution is 2.28. The Bertz CT molecular complexity index is 394. The fourth-order valence-electron chi connectivity index (χ4n) is 3.40. The highest BCUT2D eigenvalue weighted by atomic mass is 15.0. The van der Waals surface area contributed by atoms with E-state index in [2.05, 4.69) is 17.4 Å². The minimum atomic E-state index is 0.623. The second-order valence-electron chi connectivity index (χ2n) is 5.59. The van der Waals surface area contributed by atoms with Crippen LogP contribution < -0.4 is 11.1 Å². The van der Waals surface area contributed by atoms with Crippen LogP contribution in [-0.4, -0.2) is 12.1 Å². The van der Waals surface area contributed by atoms with Crippen LogP contribution in [0.25, 0.3) is 0 Å². The molecule has 0 saturated heterocycles. The van der Waals surface area contributed by atoms with Gasteiger partial charge in [0, 0.05) is 17.8 Å². The van der Waals surface area contributed by atoms with Crippen LogP contribution in [0, 0.1) is 0 Å². The lowest BCUT2D eigenvalue weighted by Gasteiger charge is -2.26. The molecule has 0 radical (unpaired) electrons. The zero-order valence-electron chi connectivity index (χ0n) is 10.4. The van der Waals surface area contributed by atoms with Gasteiger partial charge in [-0.15, -0.1) is 0 Å². The Hall–Kier alpha value is -1.02. The van der Waals surface area contributed by atoms with Crippen molar-refractivity contribution in [3.05, 3.63) is 29.3 Å². The normalized spacial score (nSPS) is 24.8. The van der Waals surface area contributed by atoms with Gasteiger partial charge in [0.25, 0.3) is 0 Å². The zero-order valence-corrected chi connectivity index (χ0v) is 10.4. The number of hydrogen-bond acceptors (Lipinski definition) is 2. The van der Waals surface area contributed by atoms with E-state index in [1.54, 1.807) is 0 Å². The third-order valence-corrected chi connectivity index (χ3v) is 4.30. The summed E-state index contributed by atoms with van der Waals surface area (Å²) < 4.78 is 0. The Morgan fingerprint density at radius 1 is 1.00 bits per heavy atom. The molecule has 3 rings (SSSR count). The molecule has 92 valence electrons. The van der Waals surface area contributed by atoms with Gasteiger partial charge in [0.15, 0.2) is 0 Å². The van der Waals surface area contributed by atoms with Crippen molar-refractivity contribution in [1.29, 1.82) is 0 Å². The van der Waals surface area contributed by atoms with Crippen molar-refractivity contribution >= 4 is 5.69 Å². The SMILES string of the molecule is Nc1cccc2c1CC(NC1CCCCC1)C2. The fraction of sp³-hybridized carbons (Fsp3) is 0.600. The number of rotatable bonds is 2. The topological polar surface area (TPSA) is 38.0 Å². The van der Waals surface area contributed by atoms with E-state index in [0.29, 0.717) is 6.04 Å². The average Bonchev–Trinajstić information content (AvgIpc) is 2.74. The van der Waals surface area contributed by atoms with Crippen LogP contribution in [0.2, 0.25) is 0 Å². The number of anilines is 1. The molecule has 3 N–H and O–H groups in total. The maximum Gasteiger partial charge on any atom is 0.0349 e. The molecular formula is C15H22N2. The first-order chi connectivity index (χ1) is 8.33. The highest BCUT2D eigenvalue weighted by molar-refractivity contribution is 5.53. The number of hydrogen-bond donors (Lipinski definition) is 2. The summed E-state index contributed by atoms with van der Waals surface area (Å²) >= 11 is 0. The molecule has 1 aromatic rings. The summed E-state index contributed by atoms with van der Waals surface area (Å²) in [5, 5.41) is 3.84. The van der Waals surface area contributed by atoms with Crippen molar-refractivity contribution in [2.45, 2.75) is 57.0 Å². The van der Waals surface area contributed by atoms with Crippen molar-refractivity contribution in [3.8, 4) is 0 Å². The second kappa shape index (κ2) is 4.69. The van der Waals surface area contributed by atoms with Crippen LogP contribution in [0.3, 0.4) is 0 Å². The summed E-state index contributed by atoms with van der Waals surface area (Å²) in [6, 6.07) is 7.72. The van der Waals surface area contributed by atoms with Crippen molar-refractivity contribution in [3.63, 3.8) is 0 Å². The molecule has 17 heavy (non-hydrogen) atoms. The molecule has 1 aromatic carbocycles. The Morgan fingerprint density at radius 3 is 2.59 bits per heavy atom. The molecule has 1 saturated carbocycles. The van der Waals surface area contributed by atoms with Gasteiger partial charge in [0.05, 0.1) is 0 Å². The van der Waals surface area contributed by atoms with Crippen molar-refractivity contribution in [2.24, 2.45) is 0 Å². The van der Waals surface area contributed by atoms with Gasteiger partial charge in [-0.2, -0.15) is 0 Å². The maximum absolute atomic E-state index is 6.04. The van der Waals surface area contributed by atoms with E-state index in [-0.39, 0.29) is 0 Å². The number of nitrogens with one attached hydrogen (secondary N) is 1. The van der Waals surface area contributed by atoms with Crippen molar-refractivity contribution in [1.82, 2.24) is 5.32 Å². The number of benzene rings is 1. The van der Waals surface area contributed by atoms with E-state index in [1.807, 2.05) is 6.07 Å². The predicted molar refractivity (Wildman–Crippen MR) is 72.1 cm³/mol. The summed E-state index contributed by atoms with van der Waals surface area (Å²) in [5.41, 5.74) is 9.87. The fourth-order valence-corrected chi connectivity index (χ4v) is 3.40. The molecule has 1 atom stereocenters. The lowest BCUT2D eigenvalue weighted by molar-refractivity contribution is 0.339. The Kier molecular flexibility index (Phi) is 3.06. The first-order valence-corrected chi connectivity index (χ1v) is 6.95. The van der Waals surface area contributed by atoms with Gasteiger partial charge in [-0.25, -0.2) is 0 Å². The molecule has 2 nitrogen and oxygen atoms in total. The summed E-state index contributed by atoms with van der Waals surface area (Å²) in [7, 11) is 0.